The van der Waals surface area contributed by atoms with Crippen molar-refractivity contribution >= 4 is 21.7 Å². The van der Waals surface area contributed by atoms with Gasteiger partial charge in [0.2, 0.25) is 0 Å². The average molecular weight is 322 g/mol. The van der Waals surface area contributed by atoms with Crippen molar-refractivity contribution in [1.82, 2.24) is 0 Å². The van der Waals surface area contributed by atoms with Gasteiger partial charge in [0.25, 0.3) is 0 Å². The molecule has 0 aromatic carbocycles. The van der Waals surface area contributed by atoms with Crippen LogP contribution in [0.25, 0.3) is 0 Å². The van der Waals surface area contributed by atoms with Crippen LogP contribution >= 0.6 is 0 Å². The normalized spacial score (nSPS) is 14.3. The van der Waals surface area contributed by atoms with Crippen molar-refractivity contribution in [3.8, 4) is 0 Å². The number of carbonyl (C=O) groups excluding carboxylic acids is 1. The van der Waals surface area contributed by atoms with Gasteiger partial charge in [-0.05, 0) is 0 Å². The van der Waals surface area contributed by atoms with Gasteiger partial charge in [-0.15, -0.1) is 0 Å². The molecule has 3 heteroatoms. The van der Waals surface area contributed by atoms with E-state index in [4.69, 9.17) is 0 Å². The van der Waals surface area contributed by atoms with E-state index in [9.17, 15) is 4.79 Å². The van der Waals surface area contributed by atoms with Crippen LogP contribution in [0.1, 0.15) is 0 Å². The van der Waals surface area contributed by atoms with Gasteiger partial charge in [-0.2, -0.15) is 0 Å². The fourth-order valence-electron chi connectivity index (χ4n) is 0.214. The first-order valence-corrected chi connectivity index (χ1v) is 4.78. The van der Waals surface area contributed by atoms with E-state index in [0.717, 1.165) is 0 Å². The summed E-state index contributed by atoms with van der Waals surface area (Å²) in [6, 6.07) is 0. The molecule has 0 amide bonds. The molecule has 0 aliphatic carbocycles. The Labute approximate surface area is 59.5 Å². The molecule has 1 aliphatic heterocycles. The van der Waals surface area contributed by atoms with Crippen LogP contribution in [-0.4, -0.2) is 21.7 Å². The summed E-state index contributed by atoms with van der Waals surface area (Å²) in [6.45, 7) is 0. The molecule has 0 bridgehead atoms. The molecule has 0 N–H and O–H groups in total. The van der Waals surface area contributed by atoms with Crippen LogP contribution in [-0.2, 0) is 27.2 Å². The summed E-state index contributed by atoms with van der Waals surface area (Å²) in [4.78, 5) is 9.90. The van der Waals surface area contributed by atoms with Crippen molar-refractivity contribution in [3.63, 3.8) is 0 Å². The number of hydrogen-bond donors (Lipinski definition) is 0. The molecule has 6 heavy (non-hydrogen) atoms. The molecule has 0 unspecified atom stereocenters. The first kappa shape index (κ1) is 6.79. The van der Waals surface area contributed by atoms with Crippen molar-refractivity contribution in [3.05, 3.63) is 10.7 Å². The predicted molar refractivity (Wildman–Crippen MR) is 21.3 cm³/mol. The van der Waals surface area contributed by atoms with Crippen LogP contribution in [0.4, 0.5) is 0 Å². The van der Waals surface area contributed by atoms with Gasteiger partial charge < -0.3 is 0 Å². The van der Waals surface area contributed by atoms with Crippen molar-refractivity contribution in [2.45, 2.75) is 0 Å². The third kappa shape index (κ3) is 1.49. The molecule has 1 heterocycles. The molecule has 0 fully saturated rings. The van der Waals surface area contributed by atoms with Crippen LogP contribution < -0.4 is 0 Å². The van der Waals surface area contributed by atoms with Crippen molar-refractivity contribution in [1.29, 1.82) is 0 Å². The zero-order chi connectivity index (χ0) is 3.70. The van der Waals surface area contributed by atoms with Gasteiger partial charge in [0, 0.05) is 22.4 Å². The molecule has 0 spiro atoms. The number of rotatable bonds is 0. The average Bonchev–Trinajstić information content (AvgIpc) is 1.30. The number of hydrogen-bond acceptors (Lipinski definition) is 1. The maximum absolute atomic E-state index is 9.90. The van der Waals surface area contributed by atoms with E-state index in [1.165, 1.54) is 0 Å². The summed E-state index contributed by atoms with van der Waals surface area (Å²) < 4.78 is 2.48. The first-order valence-electron chi connectivity index (χ1n) is 1.59. The fraction of sp³-hybridized carbons (Fsp3) is 0. The van der Waals surface area contributed by atoms with Gasteiger partial charge in [0.05, 0.1) is 0 Å². The largest absolute Gasteiger partial charge is 0 e. The van der Waals surface area contributed by atoms with E-state index in [-0.39, 0.29) is 22.4 Å². The van der Waals surface area contributed by atoms with E-state index in [1.807, 2.05) is 4.63 Å². The Morgan fingerprint density at radius 1 is 1.67 bits per heavy atom. The molecule has 1 aliphatic rings. The van der Waals surface area contributed by atoms with Gasteiger partial charge in [-0.3, -0.25) is 0 Å². The molecule has 0 atom stereocenters. The second kappa shape index (κ2) is 2.88. The standard InChI is InChI=1S/C3H2O.Au.Ga.H/c1-2-3-4;;;/h1-2H;;;. The predicted octanol–water partition coefficient (Wildman–Crippen LogP) is -0.526. The Kier molecular flexibility index (Phi) is 3.26. The van der Waals surface area contributed by atoms with Crippen LogP contribution in [0.2, 0.25) is 0 Å². The SMILES string of the molecule is O=[C]1C=[CH][GaH]1.[Au]. The van der Waals surface area contributed by atoms with E-state index in [0.29, 0.717) is 4.34 Å². The van der Waals surface area contributed by atoms with Gasteiger partial charge in [-0.25, -0.2) is 0 Å². The van der Waals surface area contributed by atoms with E-state index in [2.05, 4.69) is 0 Å². The second-order valence-corrected chi connectivity index (χ2v) is 4.38. The smallest absolute Gasteiger partial charge is 0 e. The molecular weight excluding hydrogens is 319 g/mol. The summed E-state index contributed by atoms with van der Waals surface area (Å²) in [5.41, 5.74) is 0. The quantitative estimate of drug-likeness (QED) is 0.549. The number of carbonyl (C=O) groups is 1. The second-order valence-electron chi connectivity index (χ2n) is 1.07. The minimum absolute atomic E-state index is 0. The third-order valence-corrected chi connectivity index (χ3v) is 2.95. The minimum Gasteiger partial charge on any atom is 0 e. The third-order valence-electron chi connectivity index (χ3n) is 0.623. The Balaban J connectivity index is 0.000000250. The van der Waals surface area contributed by atoms with Gasteiger partial charge in [0.15, 0.2) is 0 Å². The van der Waals surface area contributed by atoms with Crippen LogP contribution in [0.3, 0.4) is 0 Å². The molecule has 1 nitrogen and oxygen atoms in total. The summed E-state index contributed by atoms with van der Waals surface area (Å²) in [5.74, 6) is 0. The van der Waals surface area contributed by atoms with E-state index >= 15 is 0 Å². The number of allylic oxidation sites excluding steroid dienone is 1. The topological polar surface area (TPSA) is 17.1 Å². The Morgan fingerprint density at radius 2 is 2.00 bits per heavy atom. The molecule has 1 radical (unpaired) electrons. The molecule has 0 aromatic heterocycles. The Hall–Kier alpha value is 0.787. The van der Waals surface area contributed by atoms with Gasteiger partial charge >= 0.3 is 37.2 Å². The first-order chi connectivity index (χ1) is 2.39. The molecule has 0 saturated heterocycles. The Bertz CT molecular complexity index is 88.8. The summed E-state index contributed by atoms with van der Waals surface area (Å²) >= 11 is -0.625. The van der Waals surface area contributed by atoms with Crippen molar-refractivity contribution in [2.75, 3.05) is 0 Å². The molecule has 0 aromatic rings. The monoisotopic (exact) mass is 321 g/mol. The van der Waals surface area contributed by atoms with Crippen LogP contribution in [0.5, 0.6) is 0 Å². The van der Waals surface area contributed by atoms with Crippen molar-refractivity contribution in [2.24, 2.45) is 0 Å². The molecular formula is C3H3AuGaO. The summed E-state index contributed by atoms with van der Waals surface area (Å²) in [6.07, 6.45) is 1.67. The summed E-state index contributed by atoms with van der Waals surface area (Å²) in [5, 5.41) is 0. The maximum Gasteiger partial charge on any atom is 0 e. The zero-order valence-electron chi connectivity index (χ0n) is 3.07. The molecule has 35 valence electrons. The zero-order valence-corrected chi connectivity index (χ0v) is 8.21. The molecule has 0 saturated carbocycles. The van der Waals surface area contributed by atoms with Crippen LogP contribution in [0, 0.1) is 0 Å². The van der Waals surface area contributed by atoms with E-state index < -0.39 is 17.4 Å². The maximum atomic E-state index is 9.90. The van der Waals surface area contributed by atoms with Gasteiger partial charge in [-0.1, -0.05) is 0 Å². The fourth-order valence-corrected chi connectivity index (χ4v) is 1.11. The van der Waals surface area contributed by atoms with Gasteiger partial charge in [0.1, 0.15) is 0 Å². The minimum atomic E-state index is -0.625. The Morgan fingerprint density at radius 3 is 2.00 bits per heavy atom. The molecule has 1 rings (SSSR count). The van der Waals surface area contributed by atoms with E-state index in [1.54, 1.807) is 6.08 Å². The van der Waals surface area contributed by atoms with Crippen molar-refractivity contribution < 1.29 is 27.2 Å². The summed E-state index contributed by atoms with van der Waals surface area (Å²) in [7, 11) is 0. The van der Waals surface area contributed by atoms with Crippen LogP contribution in [0.15, 0.2) is 10.7 Å².